The molecular weight excluding hydrogens is 551 g/mol. The van der Waals surface area contributed by atoms with Crippen LogP contribution in [0.4, 0.5) is 0 Å². The van der Waals surface area contributed by atoms with Crippen LogP contribution in [0.25, 0.3) is 16.3 Å². The van der Waals surface area contributed by atoms with Gasteiger partial charge in [-0.15, -0.1) is 12.0 Å². The van der Waals surface area contributed by atoms with Crippen molar-refractivity contribution in [2.45, 2.75) is 19.3 Å². The van der Waals surface area contributed by atoms with E-state index in [1.54, 1.807) is 0 Å². The van der Waals surface area contributed by atoms with Crippen molar-refractivity contribution >= 4 is 16.3 Å². The second kappa shape index (κ2) is 17.4. The predicted molar refractivity (Wildman–Crippen MR) is 143 cm³/mol. The summed E-state index contributed by atoms with van der Waals surface area (Å²) in [6.45, 7) is 0. The molecule has 1 aliphatic carbocycles. The standard InChI is InChI=1S/C21H17.C5H5.5CH3.Hf/c1-2-6-16(7-3-1)10-11-18-14-15-19-13-12-17-8-4-5-9-20(17)21(18)19;1-2-4-5-3-1;;;;;;/h1-9,12-13H,10-11,15H2;1-5H;5*1H3;/q7*-1;. The van der Waals surface area contributed by atoms with Crippen molar-refractivity contribution in [1.82, 2.24) is 0 Å². The second-order valence-corrected chi connectivity index (χ2v) is 6.60. The van der Waals surface area contributed by atoms with Crippen LogP contribution in [0, 0.1) is 43.2 Å². The zero-order valence-corrected chi connectivity index (χ0v) is 24.0. The van der Waals surface area contributed by atoms with Crippen molar-refractivity contribution in [3.05, 3.63) is 157 Å². The first kappa shape index (κ1) is 34.5. The summed E-state index contributed by atoms with van der Waals surface area (Å²) in [5, 5.41) is 2.71. The molecule has 0 saturated carbocycles. The summed E-state index contributed by atoms with van der Waals surface area (Å²) in [7, 11) is 0. The zero-order valence-electron chi connectivity index (χ0n) is 20.4. The Hall–Kier alpha value is -2.12. The maximum absolute atomic E-state index is 3.60. The molecule has 0 N–H and O–H groups in total. The van der Waals surface area contributed by atoms with Gasteiger partial charge in [0.2, 0.25) is 0 Å². The molecule has 0 heterocycles. The molecule has 172 valence electrons. The molecule has 0 spiro atoms. The Morgan fingerprint density at radius 3 is 1.91 bits per heavy atom. The normalized spacial score (nSPS) is 9.94. The quantitative estimate of drug-likeness (QED) is 0.166. The van der Waals surface area contributed by atoms with Crippen LogP contribution in [-0.4, -0.2) is 0 Å². The molecule has 0 bridgehead atoms. The minimum atomic E-state index is 0. The van der Waals surface area contributed by atoms with Crippen LogP contribution in [0.2, 0.25) is 0 Å². The maximum Gasteiger partial charge on any atom is 0 e. The van der Waals surface area contributed by atoms with Gasteiger partial charge in [-0.05, 0) is 17.4 Å². The van der Waals surface area contributed by atoms with E-state index >= 15 is 0 Å². The third kappa shape index (κ3) is 8.43. The van der Waals surface area contributed by atoms with Crippen LogP contribution in [-0.2, 0) is 38.7 Å². The molecule has 0 fully saturated rings. The maximum atomic E-state index is 3.60. The molecule has 0 atom stereocenters. The van der Waals surface area contributed by atoms with Gasteiger partial charge >= 0.3 is 0 Å². The summed E-state index contributed by atoms with van der Waals surface area (Å²) in [5.41, 5.74) is 5.66. The molecule has 0 unspecified atom stereocenters. The van der Waals surface area contributed by atoms with Gasteiger partial charge in [0.1, 0.15) is 0 Å². The van der Waals surface area contributed by atoms with Crippen LogP contribution < -0.4 is 0 Å². The Bertz CT molecular complexity index is 978. The number of hydrogen-bond donors (Lipinski definition) is 0. The monoisotopic (exact) mass is 589 g/mol. The minimum absolute atomic E-state index is 0. The summed E-state index contributed by atoms with van der Waals surface area (Å²) in [4.78, 5) is 0. The van der Waals surface area contributed by atoms with Crippen LogP contribution in [0.3, 0.4) is 0 Å². The van der Waals surface area contributed by atoms with Gasteiger partial charge in [-0.25, -0.2) is 17.7 Å². The van der Waals surface area contributed by atoms with E-state index in [9.17, 15) is 0 Å². The van der Waals surface area contributed by atoms with Gasteiger partial charge in [0.05, 0.1) is 0 Å². The summed E-state index contributed by atoms with van der Waals surface area (Å²) < 4.78 is 0. The number of rotatable bonds is 3. The molecule has 4 aromatic carbocycles. The molecule has 0 aromatic heterocycles. The van der Waals surface area contributed by atoms with E-state index in [1.165, 1.54) is 33.0 Å². The molecule has 0 nitrogen and oxygen atoms in total. The van der Waals surface area contributed by atoms with E-state index in [2.05, 4.69) is 72.8 Å². The van der Waals surface area contributed by atoms with Crippen molar-refractivity contribution in [2.24, 2.45) is 0 Å². The van der Waals surface area contributed by atoms with Crippen LogP contribution in [0.1, 0.15) is 23.1 Å². The minimum Gasteiger partial charge on any atom is -0.358 e. The third-order valence-corrected chi connectivity index (χ3v) is 4.87. The summed E-state index contributed by atoms with van der Waals surface area (Å²) in [6.07, 6.45) is 6.73. The zero-order chi connectivity index (χ0) is 17.6. The molecule has 1 heteroatoms. The van der Waals surface area contributed by atoms with E-state index in [1.807, 2.05) is 30.3 Å². The van der Waals surface area contributed by atoms with Crippen molar-refractivity contribution < 1.29 is 25.8 Å². The summed E-state index contributed by atoms with van der Waals surface area (Å²) in [6, 6.07) is 33.9. The number of aryl methyl sites for hydroxylation is 1. The first-order chi connectivity index (χ1) is 12.9. The van der Waals surface area contributed by atoms with Crippen molar-refractivity contribution in [2.75, 3.05) is 0 Å². The van der Waals surface area contributed by atoms with Crippen LogP contribution in [0.5, 0.6) is 0 Å². The van der Waals surface area contributed by atoms with Crippen LogP contribution in [0.15, 0.2) is 97.1 Å². The number of allylic oxidation sites excluding steroid dienone is 2. The van der Waals surface area contributed by atoms with Gasteiger partial charge in [-0.3, -0.25) is 6.08 Å². The second-order valence-electron chi connectivity index (χ2n) is 6.60. The SMILES string of the molecule is [C-]1=C(CCc2ccccc2)c2c(ccc3ccccc23)C1.[CH3-].[CH3-].[CH3-].[CH3-].[CH3-].[Hf].c1cc[cH-]c1. The molecule has 32 heavy (non-hydrogen) atoms. The van der Waals surface area contributed by atoms with Gasteiger partial charge in [0.25, 0.3) is 0 Å². The predicted octanol–water partition coefficient (Wildman–Crippen LogP) is 8.87. The van der Waals surface area contributed by atoms with Gasteiger partial charge in [-0.2, -0.15) is 23.8 Å². The fourth-order valence-electron chi connectivity index (χ4n) is 3.56. The van der Waals surface area contributed by atoms with E-state index in [-0.39, 0.29) is 63.0 Å². The van der Waals surface area contributed by atoms with Crippen molar-refractivity contribution in [3.8, 4) is 0 Å². The Morgan fingerprint density at radius 2 is 1.28 bits per heavy atom. The Balaban J connectivity index is -0.000000686. The van der Waals surface area contributed by atoms with E-state index in [0.717, 1.165) is 19.3 Å². The number of hydrogen-bond acceptors (Lipinski definition) is 0. The first-order valence-electron chi connectivity index (χ1n) is 9.23. The molecule has 0 amide bonds. The molecule has 0 aliphatic heterocycles. The molecule has 4 aromatic rings. The number of fused-ring (bicyclic) bond motifs is 3. The molecule has 5 rings (SSSR count). The summed E-state index contributed by atoms with van der Waals surface area (Å²) >= 11 is 0. The van der Waals surface area contributed by atoms with E-state index in [4.69, 9.17) is 0 Å². The largest absolute Gasteiger partial charge is 0.358 e. The van der Waals surface area contributed by atoms with Crippen LogP contribution >= 0.6 is 0 Å². The molecular formula is C31H37Hf-7. The Kier molecular flexibility index (Phi) is 18.8. The first-order valence-corrected chi connectivity index (χ1v) is 9.23. The van der Waals surface area contributed by atoms with Crippen molar-refractivity contribution in [1.29, 1.82) is 0 Å². The Morgan fingerprint density at radius 1 is 0.656 bits per heavy atom. The topological polar surface area (TPSA) is 0 Å². The van der Waals surface area contributed by atoms with E-state index < -0.39 is 0 Å². The Labute approximate surface area is 217 Å². The van der Waals surface area contributed by atoms with Crippen molar-refractivity contribution in [3.63, 3.8) is 0 Å². The smallest absolute Gasteiger partial charge is 0 e. The average Bonchev–Trinajstić information content (AvgIpc) is 3.40. The fourth-order valence-corrected chi connectivity index (χ4v) is 3.56. The van der Waals surface area contributed by atoms with Gasteiger partial charge in [-0.1, -0.05) is 78.5 Å². The fraction of sp³-hybridized carbons (Fsp3) is 0.0968. The average molecular weight is 588 g/mol. The van der Waals surface area contributed by atoms with Gasteiger partial charge in [0.15, 0.2) is 0 Å². The third-order valence-electron chi connectivity index (χ3n) is 4.87. The van der Waals surface area contributed by atoms with E-state index in [0.29, 0.717) is 0 Å². The molecule has 0 radical (unpaired) electrons. The van der Waals surface area contributed by atoms with Gasteiger partial charge < -0.3 is 37.1 Å². The molecule has 0 saturated heterocycles. The summed E-state index contributed by atoms with van der Waals surface area (Å²) in [5.74, 6) is 0. The number of benzene rings is 3. The van der Waals surface area contributed by atoms with Gasteiger partial charge in [0, 0.05) is 25.8 Å². The molecule has 1 aliphatic rings.